The third kappa shape index (κ3) is 2.04. The number of nitrogens with zero attached hydrogens (tertiary/aromatic N) is 1. The van der Waals surface area contributed by atoms with Crippen molar-refractivity contribution in [1.29, 1.82) is 5.26 Å². The molecule has 0 unspecified atom stereocenters. The molecule has 0 atom stereocenters. The maximum absolute atomic E-state index is 8.90. The van der Waals surface area contributed by atoms with Crippen molar-refractivity contribution in [2.75, 3.05) is 0 Å². The molecular formula is C14H11NO. The van der Waals surface area contributed by atoms with Gasteiger partial charge in [-0.1, -0.05) is 24.3 Å². The van der Waals surface area contributed by atoms with Gasteiger partial charge in [-0.05, 0) is 31.2 Å². The Morgan fingerprint density at radius 3 is 2.44 bits per heavy atom. The van der Waals surface area contributed by atoms with Crippen molar-refractivity contribution >= 4 is 0 Å². The Bertz CT molecular complexity index is 526. The van der Waals surface area contributed by atoms with E-state index in [1.807, 2.05) is 49.4 Å². The van der Waals surface area contributed by atoms with Crippen LogP contribution in [0.5, 0.6) is 11.5 Å². The van der Waals surface area contributed by atoms with Crippen molar-refractivity contribution in [1.82, 2.24) is 0 Å². The minimum atomic E-state index is 0.647. The lowest BCUT2D eigenvalue weighted by atomic mass is 10.1. The van der Waals surface area contributed by atoms with Crippen molar-refractivity contribution in [2.45, 2.75) is 6.92 Å². The van der Waals surface area contributed by atoms with Crippen molar-refractivity contribution in [3.05, 3.63) is 59.7 Å². The van der Waals surface area contributed by atoms with E-state index in [9.17, 15) is 0 Å². The highest BCUT2D eigenvalue weighted by molar-refractivity contribution is 5.47. The fraction of sp³-hybridized carbons (Fsp3) is 0.0714. The van der Waals surface area contributed by atoms with E-state index in [-0.39, 0.29) is 0 Å². The van der Waals surface area contributed by atoms with Gasteiger partial charge in [-0.3, -0.25) is 0 Å². The molecular weight excluding hydrogens is 198 g/mol. The molecule has 0 aliphatic carbocycles. The Hall–Kier alpha value is -2.27. The number of para-hydroxylation sites is 1. The van der Waals surface area contributed by atoms with Crippen LogP contribution in [0.4, 0.5) is 0 Å². The van der Waals surface area contributed by atoms with E-state index < -0.39 is 0 Å². The topological polar surface area (TPSA) is 33.0 Å². The van der Waals surface area contributed by atoms with Crippen LogP contribution in [0, 0.1) is 18.3 Å². The largest absolute Gasteiger partial charge is 0.457 e. The molecule has 16 heavy (non-hydrogen) atoms. The first-order chi connectivity index (χ1) is 7.81. The zero-order valence-corrected chi connectivity index (χ0v) is 8.97. The monoisotopic (exact) mass is 209 g/mol. The molecule has 2 nitrogen and oxygen atoms in total. The zero-order valence-electron chi connectivity index (χ0n) is 8.97. The lowest BCUT2D eigenvalue weighted by Crippen LogP contribution is -1.89. The van der Waals surface area contributed by atoms with Crippen LogP contribution in [0.2, 0.25) is 0 Å². The SMILES string of the molecule is Cc1c(C#N)cccc1Oc1ccccc1. The first-order valence-corrected chi connectivity index (χ1v) is 5.04. The summed E-state index contributed by atoms with van der Waals surface area (Å²) in [5, 5.41) is 8.90. The van der Waals surface area contributed by atoms with Gasteiger partial charge in [0, 0.05) is 5.56 Å². The molecule has 0 saturated heterocycles. The van der Waals surface area contributed by atoms with Gasteiger partial charge in [0.05, 0.1) is 11.6 Å². The van der Waals surface area contributed by atoms with E-state index in [0.29, 0.717) is 5.56 Å². The minimum Gasteiger partial charge on any atom is -0.457 e. The first kappa shape index (κ1) is 10.3. The van der Waals surface area contributed by atoms with Crippen LogP contribution in [-0.4, -0.2) is 0 Å². The minimum absolute atomic E-state index is 0.647. The molecule has 0 aliphatic heterocycles. The molecule has 2 rings (SSSR count). The van der Waals surface area contributed by atoms with Gasteiger partial charge in [0.2, 0.25) is 0 Å². The molecule has 2 heteroatoms. The van der Waals surface area contributed by atoms with Crippen LogP contribution in [-0.2, 0) is 0 Å². The predicted octanol–water partition coefficient (Wildman–Crippen LogP) is 3.66. The first-order valence-electron chi connectivity index (χ1n) is 5.04. The molecule has 0 saturated carbocycles. The number of hydrogen-bond donors (Lipinski definition) is 0. The van der Waals surface area contributed by atoms with E-state index in [2.05, 4.69) is 6.07 Å². The maximum atomic E-state index is 8.90. The number of hydrogen-bond acceptors (Lipinski definition) is 2. The van der Waals surface area contributed by atoms with Crippen molar-refractivity contribution in [3.8, 4) is 17.6 Å². The number of nitriles is 1. The van der Waals surface area contributed by atoms with Gasteiger partial charge in [-0.25, -0.2) is 0 Å². The van der Waals surface area contributed by atoms with Gasteiger partial charge in [-0.2, -0.15) is 5.26 Å². The molecule has 0 bridgehead atoms. The Labute approximate surface area is 94.7 Å². The van der Waals surface area contributed by atoms with E-state index in [0.717, 1.165) is 17.1 Å². The van der Waals surface area contributed by atoms with E-state index >= 15 is 0 Å². The quantitative estimate of drug-likeness (QED) is 0.756. The highest BCUT2D eigenvalue weighted by Gasteiger charge is 2.04. The van der Waals surface area contributed by atoms with Gasteiger partial charge < -0.3 is 4.74 Å². The molecule has 0 N–H and O–H groups in total. The third-order valence-corrected chi connectivity index (χ3v) is 2.38. The van der Waals surface area contributed by atoms with Crippen molar-refractivity contribution < 1.29 is 4.74 Å². The summed E-state index contributed by atoms with van der Waals surface area (Å²) in [6, 6.07) is 17.2. The van der Waals surface area contributed by atoms with Crippen molar-refractivity contribution in [3.63, 3.8) is 0 Å². The Kier molecular flexibility index (Phi) is 2.88. The van der Waals surface area contributed by atoms with Gasteiger partial charge in [-0.15, -0.1) is 0 Å². The summed E-state index contributed by atoms with van der Waals surface area (Å²) < 4.78 is 5.70. The zero-order chi connectivity index (χ0) is 11.4. The summed E-state index contributed by atoms with van der Waals surface area (Å²) >= 11 is 0. The lowest BCUT2D eigenvalue weighted by molar-refractivity contribution is 0.478. The second-order valence-electron chi connectivity index (χ2n) is 3.46. The van der Waals surface area contributed by atoms with Crippen LogP contribution in [0.25, 0.3) is 0 Å². The summed E-state index contributed by atoms with van der Waals surface area (Å²) in [5.74, 6) is 1.51. The summed E-state index contributed by atoms with van der Waals surface area (Å²) in [5.41, 5.74) is 1.52. The maximum Gasteiger partial charge on any atom is 0.131 e. The average molecular weight is 209 g/mol. The standard InChI is InChI=1S/C14H11NO/c1-11-12(10-15)6-5-9-14(11)16-13-7-3-2-4-8-13/h2-9H,1H3. The molecule has 0 aromatic heterocycles. The Morgan fingerprint density at radius 2 is 1.75 bits per heavy atom. The second kappa shape index (κ2) is 4.50. The molecule has 0 fully saturated rings. The number of ether oxygens (including phenoxy) is 1. The molecule has 0 spiro atoms. The second-order valence-corrected chi connectivity index (χ2v) is 3.46. The van der Waals surface area contributed by atoms with Crippen molar-refractivity contribution in [2.24, 2.45) is 0 Å². The van der Waals surface area contributed by atoms with Crippen LogP contribution < -0.4 is 4.74 Å². The summed E-state index contributed by atoms with van der Waals surface area (Å²) in [7, 11) is 0. The fourth-order valence-corrected chi connectivity index (χ4v) is 1.46. The normalized spacial score (nSPS) is 9.50. The highest BCUT2D eigenvalue weighted by atomic mass is 16.5. The molecule has 0 heterocycles. The molecule has 2 aromatic rings. The predicted molar refractivity (Wildman–Crippen MR) is 62.4 cm³/mol. The lowest BCUT2D eigenvalue weighted by Gasteiger charge is -2.08. The number of rotatable bonds is 2. The molecule has 0 amide bonds. The Balaban J connectivity index is 2.33. The number of benzene rings is 2. The van der Waals surface area contributed by atoms with Gasteiger partial charge in [0.15, 0.2) is 0 Å². The van der Waals surface area contributed by atoms with E-state index in [4.69, 9.17) is 10.00 Å². The Morgan fingerprint density at radius 1 is 1.00 bits per heavy atom. The van der Waals surface area contributed by atoms with Gasteiger partial charge in [0.25, 0.3) is 0 Å². The summed E-state index contributed by atoms with van der Waals surface area (Å²) in [4.78, 5) is 0. The van der Waals surface area contributed by atoms with E-state index in [1.165, 1.54) is 0 Å². The van der Waals surface area contributed by atoms with Crippen LogP contribution in [0.3, 0.4) is 0 Å². The van der Waals surface area contributed by atoms with Crippen LogP contribution in [0.15, 0.2) is 48.5 Å². The average Bonchev–Trinajstić information content (AvgIpc) is 2.33. The van der Waals surface area contributed by atoms with Gasteiger partial charge in [0.1, 0.15) is 11.5 Å². The summed E-state index contributed by atoms with van der Waals surface area (Å²) in [6.07, 6.45) is 0. The molecule has 0 aliphatic rings. The smallest absolute Gasteiger partial charge is 0.131 e. The molecule has 78 valence electrons. The van der Waals surface area contributed by atoms with E-state index in [1.54, 1.807) is 6.07 Å². The molecule has 0 radical (unpaired) electrons. The summed E-state index contributed by atoms with van der Waals surface area (Å²) in [6.45, 7) is 1.89. The molecule has 2 aromatic carbocycles. The highest BCUT2D eigenvalue weighted by Crippen LogP contribution is 2.26. The van der Waals surface area contributed by atoms with Crippen LogP contribution >= 0.6 is 0 Å². The fourth-order valence-electron chi connectivity index (χ4n) is 1.46. The third-order valence-electron chi connectivity index (χ3n) is 2.38. The van der Waals surface area contributed by atoms with Gasteiger partial charge >= 0.3 is 0 Å². The van der Waals surface area contributed by atoms with Crippen LogP contribution in [0.1, 0.15) is 11.1 Å².